The first-order valence-corrected chi connectivity index (χ1v) is 8.07. The SMILES string of the molecule is Cc1ccc(CC2(O)CCCCC2C(C)(C)C)c(Cl)c1. The van der Waals surface area contributed by atoms with Crippen molar-refractivity contribution in [2.45, 2.75) is 65.4 Å². The number of benzene rings is 1. The van der Waals surface area contributed by atoms with E-state index in [1.54, 1.807) is 0 Å². The molecule has 20 heavy (non-hydrogen) atoms. The topological polar surface area (TPSA) is 20.2 Å². The lowest BCUT2D eigenvalue weighted by Gasteiger charge is -2.47. The van der Waals surface area contributed by atoms with Crippen molar-refractivity contribution in [3.8, 4) is 0 Å². The third-order valence-electron chi connectivity index (χ3n) is 4.75. The Hall–Kier alpha value is -0.530. The second kappa shape index (κ2) is 5.69. The van der Waals surface area contributed by atoms with E-state index in [0.717, 1.165) is 29.8 Å². The lowest BCUT2D eigenvalue weighted by molar-refractivity contribution is -0.0889. The molecule has 1 aliphatic rings. The van der Waals surface area contributed by atoms with Gasteiger partial charge in [-0.1, -0.05) is 57.3 Å². The Morgan fingerprint density at radius 2 is 2.00 bits per heavy atom. The highest BCUT2D eigenvalue weighted by molar-refractivity contribution is 6.31. The Morgan fingerprint density at radius 1 is 1.30 bits per heavy atom. The van der Waals surface area contributed by atoms with Crippen molar-refractivity contribution >= 4 is 11.6 Å². The molecule has 2 atom stereocenters. The van der Waals surface area contributed by atoms with Crippen molar-refractivity contribution in [3.05, 3.63) is 34.3 Å². The molecule has 1 N–H and O–H groups in total. The van der Waals surface area contributed by atoms with E-state index >= 15 is 0 Å². The quantitative estimate of drug-likeness (QED) is 0.799. The molecule has 0 aromatic heterocycles. The van der Waals surface area contributed by atoms with Crippen LogP contribution in [0, 0.1) is 18.3 Å². The van der Waals surface area contributed by atoms with Gasteiger partial charge in [0.2, 0.25) is 0 Å². The smallest absolute Gasteiger partial charge is 0.0721 e. The van der Waals surface area contributed by atoms with E-state index < -0.39 is 5.60 Å². The minimum atomic E-state index is -0.616. The van der Waals surface area contributed by atoms with Crippen LogP contribution in [0.3, 0.4) is 0 Å². The van der Waals surface area contributed by atoms with Crippen molar-refractivity contribution in [1.29, 1.82) is 0 Å². The predicted molar refractivity (Wildman–Crippen MR) is 86.3 cm³/mol. The molecule has 0 radical (unpaired) electrons. The fraction of sp³-hybridized carbons (Fsp3) is 0.667. The average molecular weight is 295 g/mol. The summed E-state index contributed by atoms with van der Waals surface area (Å²) in [5, 5.41) is 12.0. The molecule has 0 amide bonds. The van der Waals surface area contributed by atoms with Gasteiger partial charge in [-0.05, 0) is 48.3 Å². The third kappa shape index (κ3) is 3.38. The summed E-state index contributed by atoms with van der Waals surface area (Å²) >= 11 is 6.36. The van der Waals surface area contributed by atoms with E-state index in [0.29, 0.717) is 12.3 Å². The van der Waals surface area contributed by atoms with Gasteiger partial charge < -0.3 is 5.11 Å². The maximum Gasteiger partial charge on any atom is 0.0721 e. The predicted octanol–water partition coefficient (Wildman–Crippen LogP) is 5.16. The van der Waals surface area contributed by atoms with Crippen LogP contribution >= 0.6 is 11.6 Å². The number of halogens is 1. The lowest BCUT2D eigenvalue weighted by atomic mass is 9.62. The summed E-state index contributed by atoms with van der Waals surface area (Å²) in [4.78, 5) is 0. The largest absolute Gasteiger partial charge is 0.389 e. The van der Waals surface area contributed by atoms with Gasteiger partial charge in [-0.3, -0.25) is 0 Å². The molecular weight excluding hydrogens is 268 g/mol. The molecule has 2 rings (SSSR count). The average Bonchev–Trinajstić information content (AvgIpc) is 2.32. The Labute approximate surface area is 128 Å². The molecule has 0 bridgehead atoms. The fourth-order valence-corrected chi connectivity index (χ4v) is 4.10. The third-order valence-corrected chi connectivity index (χ3v) is 5.10. The van der Waals surface area contributed by atoms with E-state index in [1.165, 1.54) is 12.0 Å². The molecule has 1 aliphatic carbocycles. The first kappa shape index (κ1) is 15.9. The zero-order valence-corrected chi connectivity index (χ0v) is 13.9. The second-order valence-corrected chi connectivity index (χ2v) is 7.95. The first-order chi connectivity index (χ1) is 9.22. The fourth-order valence-electron chi connectivity index (χ4n) is 3.80. The van der Waals surface area contributed by atoms with Gasteiger partial charge in [0.05, 0.1) is 5.60 Å². The second-order valence-electron chi connectivity index (χ2n) is 7.54. The van der Waals surface area contributed by atoms with Crippen LogP contribution < -0.4 is 0 Å². The number of rotatable bonds is 2. The summed E-state index contributed by atoms with van der Waals surface area (Å²) in [6.07, 6.45) is 5.02. The van der Waals surface area contributed by atoms with E-state index in [-0.39, 0.29) is 5.41 Å². The molecule has 1 fully saturated rings. The minimum absolute atomic E-state index is 0.131. The van der Waals surface area contributed by atoms with Gasteiger partial charge in [0.15, 0.2) is 0 Å². The Bertz CT molecular complexity index is 475. The number of hydrogen-bond acceptors (Lipinski definition) is 1. The van der Waals surface area contributed by atoms with Gasteiger partial charge in [0, 0.05) is 11.4 Å². The van der Waals surface area contributed by atoms with Crippen molar-refractivity contribution in [3.63, 3.8) is 0 Å². The van der Waals surface area contributed by atoms with E-state index in [2.05, 4.69) is 32.9 Å². The molecule has 0 aliphatic heterocycles. The minimum Gasteiger partial charge on any atom is -0.389 e. The molecule has 0 heterocycles. The van der Waals surface area contributed by atoms with E-state index in [4.69, 9.17) is 11.6 Å². The molecule has 1 aromatic rings. The Kier molecular flexibility index (Phi) is 4.51. The van der Waals surface area contributed by atoms with Crippen molar-refractivity contribution in [2.75, 3.05) is 0 Å². The highest BCUT2D eigenvalue weighted by Crippen LogP contribution is 2.46. The van der Waals surface area contributed by atoms with Gasteiger partial charge >= 0.3 is 0 Å². The zero-order chi connectivity index (χ0) is 15.0. The summed E-state index contributed by atoms with van der Waals surface area (Å²) in [6, 6.07) is 6.15. The van der Waals surface area contributed by atoms with Crippen molar-refractivity contribution < 1.29 is 5.11 Å². The van der Waals surface area contributed by atoms with Crippen LogP contribution in [-0.4, -0.2) is 10.7 Å². The summed E-state index contributed by atoms with van der Waals surface area (Å²) < 4.78 is 0. The normalized spacial score (nSPS) is 27.6. The summed E-state index contributed by atoms with van der Waals surface area (Å²) in [7, 11) is 0. The standard InChI is InChI=1S/C18H27ClO/c1-13-8-9-14(15(19)11-13)12-18(20)10-6-5-7-16(18)17(2,3)4/h8-9,11,16,20H,5-7,10,12H2,1-4H3. The van der Waals surface area contributed by atoms with Crippen LogP contribution in [-0.2, 0) is 6.42 Å². The van der Waals surface area contributed by atoms with Gasteiger partial charge in [0.25, 0.3) is 0 Å². The van der Waals surface area contributed by atoms with Crippen molar-refractivity contribution in [2.24, 2.45) is 11.3 Å². The van der Waals surface area contributed by atoms with E-state index in [9.17, 15) is 5.11 Å². The van der Waals surface area contributed by atoms with Gasteiger partial charge in [-0.15, -0.1) is 0 Å². The maximum absolute atomic E-state index is 11.3. The summed E-state index contributed by atoms with van der Waals surface area (Å²) in [6.45, 7) is 8.77. The van der Waals surface area contributed by atoms with Crippen LogP contribution in [0.1, 0.15) is 57.6 Å². The number of aryl methyl sites for hydroxylation is 1. The zero-order valence-electron chi connectivity index (χ0n) is 13.2. The summed E-state index contributed by atoms with van der Waals surface area (Å²) in [5.41, 5.74) is 1.76. The lowest BCUT2D eigenvalue weighted by Crippen LogP contribution is -2.48. The molecule has 2 heteroatoms. The highest BCUT2D eigenvalue weighted by atomic mass is 35.5. The van der Waals surface area contributed by atoms with Crippen LogP contribution in [0.2, 0.25) is 5.02 Å². The Morgan fingerprint density at radius 3 is 2.60 bits per heavy atom. The molecule has 2 unspecified atom stereocenters. The molecule has 0 saturated heterocycles. The van der Waals surface area contributed by atoms with Crippen LogP contribution in [0.5, 0.6) is 0 Å². The van der Waals surface area contributed by atoms with Gasteiger partial charge in [0.1, 0.15) is 0 Å². The first-order valence-electron chi connectivity index (χ1n) is 7.70. The maximum atomic E-state index is 11.3. The van der Waals surface area contributed by atoms with Crippen LogP contribution in [0.15, 0.2) is 18.2 Å². The monoisotopic (exact) mass is 294 g/mol. The number of aliphatic hydroxyl groups is 1. The van der Waals surface area contributed by atoms with Crippen LogP contribution in [0.4, 0.5) is 0 Å². The molecule has 0 spiro atoms. The summed E-state index contributed by atoms with van der Waals surface area (Å²) in [5.74, 6) is 0.334. The van der Waals surface area contributed by atoms with Crippen LogP contribution in [0.25, 0.3) is 0 Å². The van der Waals surface area contributed by atoms with Gasteiger partial charge in [-0.2, -0.15) is 0 Å². The molecule has 1 aromatic carbocycles. The molecule has 112 valence electrons. The van der Waals surface area contributed by atoms with Gasteiger partial charge in [-0.25, -0.2) is 0 Å². The molecule has 1 nitrogen and oxygen atoms in total. The van der Waals surface area contributed by atoms with Crippen molar-refractivity contribution in [1.82, 2.24) is 0 Å². The number of hydrogen-bond donors (Lipinski definition) is 1. The molecule has 1 saturated carbocycles. The van der Waals surface area contributed by atoms with E-state index in [1.807, 2.05) is 13.0 Å². The Balaban J connectivity index is 2.28. The molecular formula is C18H27ClO. The highest BCUT2D eigenvalue weighted by Gasteiger charge is 2.44.